The summed E-state index contributed by atoms with van der Waals surface area (Å²) in [5.41, 5.74) is 0. The summed E-state index contributed by atoms with van der Waals surface area (Å²) >= 11 is 1.93. The van der Waals surface area contributed by atoms with Crippen LogP contribution in [0.5, 0.6) is 0 Å². The van der Waals surface area contributed by atoms with Gasteiger partial charge in [0.15, 0.2) is 0 Å². The van der Waals surface area contributed by atoms with Crippen molar-refractivity contribution in [2.24, 2.45) is 5.92 Å². The van der Waals surface area contributed by atoms with Crippen molar-refractivity contribution in [3.05, 3.63) is 0 Å². The number of hydrogen-bond donors (Lipinski definition) is 0. The molecule has 1 saturated heterocycles. The van der Waals surface area contributed by atoms with Crippen LogP contribution in [0.2, 0.25) is 0 Å². The Morgan fingerprint density at radius 3 is 2.75 bits per heavy atom. The van der Waals surface area contributed by atoms with E-state index >= 15 is 0 Å². The fraction of sp³-hybridized carbons (Fsp3) is 0.889. The third-order valence-electron chi connectivity index (χ3n) is 2.00. The van der Waals surface area contributed by atoms with E-state index in [1.54, 1.807) is 0 Å². The minimum atomic E-state index is 0.0251. The second-order valence-electron chi connectivity index (χ2n) is 3.05. The summed E-state index contributed by atoms with van der Waals surface area (Å²) in [5.74, 6) is 2.45. The molecule has 0 N–H and O–H groups in total. The highest BCUT2D eigenvalue weighted by atomic mass is 32.2. The maximum Gasteiger partial charge on any atom is 0.308 e. The van der Waals surface area contributed by atoms with E-state index < -0.39 is 0 Å². The van der Waals surface area contributed by atoms with Gasteiger partial charge in [0.1, 0.15) is 0 Å². The van der Waals surface area contributed by atoms with E-state index in [1.165, 1.54) is 0 Å². The maximum absolute atomic E-state index is 11.3. The molecule has 2 nitrogen and oxygen atoms in total. The van der Waals surface area contributed by atoms with Crippen LogP contribution in [0.3, 0.4) is 0 Å². The Morgan fingerprint density at radius 1 is 1.50 bits per heavy atom. The van der Waals surface area contributed by atoms with E-state index in [2.05, 4.69) is 0 Å². The van der Waals surface area contributed by atoms with Gasteiger partial charge in [-0.15, -0.1) is 0 Å². The summed E-state index contributed by atoms with van der Waals surface area (Å²) in [6.45, 7) is 2.60. The van der Waals surface area contributed by atoms with Crippen LogP contribution in [0.15, 0.2) is 0 Å². The smallest absolute Gasteiger partial charge is 0.308 e. The molecule has 12 heavy (non-hydrogen) atoms. The average Bonchev–Trinajstić information content (AvgIpc) is 2.15. The Balaban J connectivity index is 2.20. The van der Waals surface area contributed by atoms with Crippen molar-refractivity contribution in [2.45, 2.75) is 26.2 Å². The van der Waals surface area contributed by atoms with Crippen molar-refractivity contribution in [3.63, 3.8) is 0 Å². The van der Waals surface area contributed by atoms with Gasteiger partial charge in [0.05, 0.1) is 12.5 Å². The van der Waals surface area contributed by atoms with Gasteiger partial charge in [-0.1, -0.05) is 6.92 Å². The van der Waals surface area contributed by atoms with Crippen molar-refractivity contribution in [2.75, 3.05) is 18.1 Å². The van der Waals surface area contributed by atoms with Crippen molar-refractivity contribution < 1.29 is 9.53 Å². The summed E-state index contributed by atoms with van der Waals surface area (Å²) in [5, 5.41) is 0. The first-order valence-corrected chi connectivity index (χ1v) is 5.74. The second-order valence-corrected chi connectivity index (χ2v) is 4.28. The third-order valence-corrected chi connectivity index (χ3v) is 3.05. The van der Waals surface area contributed by atoms with Crippen molar-refractivity contribution >= 4 is 17.7 Å². The van der Waals surface area contributed by atoms with Crippen LogP contribution in [0.1, 0.15) is 26.2 Å². The lowest BCUT2D eigenvalue weighted by molar-refractivity contribution is -0.148. The van der Waals surface area contributed by atoms with E-state index in [-0.39, 0.29) is 11.9 Å². The summed E-state index contributed by atoms with van der Waals surface area (Å²) in [6.07, 6.45) is 2.94. The Kier molecular flexibility index (Phi) is 4.51. The molecular weight excluding hydrogens is 172 g/mol. The lowest BCUT2D eigenvalue weighted by Gasteiger charge is -2.19. The van der Waals surface area contributed by atoms with Crippen LogP contribution in [0.25, 0.3) is 0 Å². The molecule has 0 bridgehead atoms. The molecule has 0 aromatic carbocycles. The van der Waals surface area contributed by atoms with Crippen molar-refractivity contribution in [1.29, 1.82) is 0 Å². The molecule has 0 atom stereocenters. The van der Waals surface area contributed by atoms with Crippen LogP contribution >= 0.6 is 11.8 Å². The molecule has 1 aliphatic heterocycles. The normalized spacial score (nSPS) is 19.1. The predicted octanol–water partition coefficient (Wildman–Crippen LogP) is 2.08. The molecular formula is C9H16O2S. The minimum absolute atomic E-state index is 0.0251. The first-order valence-electron chi connectivity index (χ1n) is 4.59. The van der Waals surface area contributed by atoms with Gasteiger partial charge in [-0.05, 0) is 30.8 Å². The van der Waals surface area contributed by atoms with E-state index in [0.29, 0.717) is 6.61 Å². The zero-order chi connectivity index (χ0) is 8.81. The van der Waals surface area contributed by atoms with Crippen molar-refractivity contribution in [3.8, 4) is 0 Å². The van der Waals surface area contributed by atoms with Crippen LogP contribution in [-0.2, 0) is 9.53 Å². The van der Waals surface area contributed by atoms with Gasteiger partial charge in [0, 0.05) is 0 Å². The SMILES string of the molecule is CCCOC(=O)C1CCSCC1. The number of hydrogen-bond acceptors (Lipinski definition) is 3. The molecule has 0 amide bonds. The standard InChI is InChI=1S/C9H16O2S/c1-2-5-11-9(10)8-3-6-12-7-4-8/h8H,2-7H2,1H3. The average molecular weight is 188 g/mol. The number of carbonyl (C=O) groups is 1. The topological polar surface area (TPSA) is 26.3 Å². The van der Waals surface area contributed by atoms with E-state index in [0.717, 1.165) is 30.8 Å². The quantitative estimate of drug-likeness (QED) is 0.634. The molecule has 1 rings (SSSR count). The largest absolute Gasteiger partial charge is 0.465 e. The Morgan fingerprint density at radius 2 is 2.17 bits per heavy atom. The molecule has 0 radical (unpaired) electrons. The van der Waals surface area contributed by atoms with E-state index in [1.807, 2.05) is 18.7 Å². The molecule has 1 fully saturated rings. The zero-order valence-electron chi connectivity index (χ0n) is 7.54. The first kappa shape index (κ1) is 9.90. The molecule has 0 saturated carbocycles. The van der Waals surface area contributed by atoms with Crippen LogP contribution in [0.4, 0.5) is 0 Å². The number of thioether (sulfide) groups is 1. The molecule has 0 unspecified atom stereocenters. The highest BCUT2D eigenvalue weighted by Crippen LogP contribution is 2.23. The maximum atomic E-state index is 11.3. The molecule has 1 heterocycles. The molecule has 3 heteroatoms. The Hall–Kier alpha value is -0.180. The monoisotopic (exact) mass is 188 g/mol. The molecule has 0 aliphatic carbocycles. The summed E-state index contributed by atoms with van der Waals surface area (Å²) in [4.78, 5) is 11.3. The second kappa shape index (κ2) is 5.46. The van der Waals surface area contributed by atoms with Crippen LogP contribution in [0, 0.1) is 5.92 Å². The van der Waals surface area contributed by atoms with Crippen LogP contribution < -0.4 is 0 Å². The highest BCUT2D eigenvalue weighted by Gasteiger charge is 2.22. The van der Waals surface area contributed by atoms with Gasteiger partial charge in [-0.3, -0.25) is 4.79 Å². The molecule has 0 aromatic rings. The number of rotatable bonds is 3. The lowest BCUT2D eigenvalue weighted by Crippen LogP contribution is -2.22. The third kappa shape index (κ3) is 3.05. The van der Waals surface area contributed by atoms with Gasteiger partial charge in [0.2, 0.25) is 0 Å². The number of carbonyl (C=O) groups excluding carboxylic acids is 1. The van der Waals surface area contributed by atoms with E-state index in [4.69, 9.17) is 4.74 Å². The molecule has 0 aromatic heterocycles. The lowest BCUT2D eigenvalue weighted by atomic mass is 10.0. The molecule has 1 aliphatic rings. The predicted molar refractivity (Wildman–Crippen MR) is 51.3 cm³/mol. The van der Waals surface area contributed by atoms with Gasteiger partial charge in [0.25, 0.3) is 0 Å². The van der Waals surface area contributed by atoms with Gasteiger partial charge < -0.3 is 4.74 Å². The zero-order valence-corrected chi connectivity index (χ0v) is 8.36. The number of ether oxygens (including phenoxy) is 1. The number of esters is 1. The van der Waals surface area contributed by atoms with E-state index in [9.17, 15) is 4.79 Å². The molecule has 70 valence electrons. The summed E-state index contributed by atoms with van der Waals surface area (Å²) in [7, 11) is 0. The molecule has 0 spiro atoms. The first-order chi connectivity index (χ1) is 5.84. The summed E-state index contributed by atoms with van der Waals surface area (Å²) in [6, 6.07) is 0. The van der Waals surface area contributed by atoms with Crippen molar-refractivity contribution in [1.82, 2.24) is 0 Å². The fourth-order valence-corrected chi connectivity index (χ4v) is 2.36. The minimum Gasteiger partial charge on any atom is -0.465 e. The Labute approximate surface area is 78.1 Å². The van der Waals surface area contributed by atoms with Gasteiger partial charge in [-0.25, -0.2) is 0 Å². The Bertz CT molecular complexity index is 141. The fourth-order valence-electron chi connectivity index (χ4n) is 1.25. The summed E-state index contributed by atoms with van der Waals surface area (Å²) < 4.78 is 5.08. The highest BCUT2D eigenvalue weighted by molar-refractivity contribution is 7.99. The van der Waals surface area contributed by atoms with Gasteiger partial charge >= 0.3 is 5.97 Å². The van der Waals surface area contributed by atoms with Gasteiger partial charge in [-0.2, -0.15) is 11.8 Å². The van der Waals surface area contributed by atoms with Crippen LogP contribution in [-0.4, -0.2) is 24.1 Å².